The van der Waals surface area contributed by atoms with E-state index >= 15 is 0 Å². The molecule has 4 aliphatic rings. The first-order valence-electron chi connectivity index (χ1n) is 18.5. The van der Waals surface area contributed by atoms with Crippen molar-refractivity contribution < 1.29 is 18.4 Å². The summed E-state index contributed by atoms with van der Waals surface area (Å²) in [7, 11) is -2.31. The SMILES string of the molecule is CC[C@H]1C(O[Si](C)(C)C(C)(C)C)C2C(CC[C@@]3(C)C2CC[C@@H]3[C@H](C)CC(=O)OC)[C@@]2(C)CCC(O[Si](C)(C)C(C)(C)C)CC12. The first-order valence-corrected chi connectivity index (χ1v) is 24.3. The minimum absolute atomic E-state index is 0.0480. The van der Waals surface area contributed by atoms with Gasteiger partial charge in [0.05, 0.1) is 13.2 Å². The lowest BCUT2D eigenvalue weighted by atomic mass is 9.41. The first-order chi connectivity index (χ1) is 20.0. The smallest absolute Gasteiger partial charge is 0.305 e. The van der Waals surface area contributed by atoms with Gasteiger partial charge in [-0.15, -0.1) is 0 Å². The molecule has 6 unspecified atom stereocenters. The molecule has 4 nitrogen and oxygen atoms in total. The molecule has 0 spiro atoms. The van der Waals surface area contributed by atoms with Crippen molar-refractivity contribution in [1.29, 1.82) is 0 Å². The Bertz CT molecular complexity index is 1030. The summed E-state index contributed by atoms with van der Waals surface area (Å²) in [5.74, 6) is 4.14. The molecule has 0 bridgehead atoms. The number of methoxy groups -OCH3 is 1. The van der Waals surface area contributed by atoms with Gasteiger partial charge < -0.3 is 13.6 Å². The van der Waals surface area contributed by atoms with Crippen LogP contribution in [0.4, 0.5) is 0 Å². The second-order valence-electron chi connectivity index (χ2n) is 19.6. The molecule has 4 aliphatic carbocycles. The Morgan fingerprint density at radius 2 is 1.36 bits per heavy atom. The maximum atomic E-state index is 12.4. The normalized spacial score (nSPS) is 40.5. The number of hydrogen-bond donors (Lipinski definition) is 0. The average molecular weight is 649 g/mol. The summed E-state index contributed by atoms with van der Waals surface area (Å²) >= 11 is 0. The number of fused-ring (bicyclic) bond motifs is 5. The molecule has 4 rings (SSSR count). The predicted octanol–water partition coefficient (Wildman–Crippen LogP) is 10.9. The van der Waals surface area contributed by atoms with Gasteiger partial charge in [-0.3, -0.25) is 4.79 Å². The van der Waals surface area contributed by atoms with E-state index in [-0.39, 0.29) is 21.5 Å². The molecule has 256 valence electrons. The van der Waals surface area contributed by atoms with Crippen molar-refractivity contribution in [1.82, 2.24) is 0 Å². The molecule has 11 atom stereocenters. The van der Waals surface area contributed by atoms with Crippen molar-refractivity contribution in [2.45, 2.75) is 175 Å². The maximum Gasteiger partial charge on any atom is 0.305 e. The lowest BCUT2D eigenvalue weighted by Gasteiger charge is -2.66. The third-order valence-corrected chi connectivity index (χ3v) is 24.3. The van der Waals surface area contributed by atoms with Crippen molar-refractivity contribution in [3.05, 3.63) is 0 Å². The Hall–Kier alpha value is -0.176. The standard InChI is InChI=1S/C38H72O4Si2/c1-16-27-31-24-26(41-43(12,13)35(3,4)5)19-21-38(31,10)30-20-22-37(9)28(25(2)23-32(39)40-11)17-18-29(37)33(30)34(27)42-44(14,15)36(6,7)8/h25-31,33-34H,16-24H2,1-15H3/t25-,26?,27-,28-,29?,30?,31?,33?,34?,37-,38-/m1/s1. The fraction of sp³-hybridized carbons (Fsp3) is 0.974. The van der Waals surface area contributed by atoms with Crippen LogP contribution in [0.3, 0.4) is 0 Å². The van der Waals surface area contributed by atoms with E-state index in [1.807, 2.05) is 0 Å². The van der Waals surface area contributed by atoms with Gasteiger partial charge in [-0.25, -0.2) is 0 Å². The second kappa shape index (κ2) is 12.4. The Kier molecular flexibility index (Phi) is 10.3. The van der Waals surface area contributed by atoms with Crippen molar-refractivity contribution >= 4 is 22.6 Å². The lowest BCUT2D eigenvalue weighted by molar-refractivity contribution is -0.198. The number of carbonyl (C=O) groups is 1. The van der Waals surface area contributed by atoms with E-state index in [0.717, 1.165) is 0 Å². The molecule has 4 saturated carbocycles. The van der Waals surface area contributed by atoms with Crippen LogP contribution in [0.15, 0.2) is 0 Å². The largest absolute Gasteiger partial charge is 0.469 e. The van der Waals surface area contributed by atoms with Gasteiger partial charge >= 0.3 is 5.97 Å². The number of esters is 1. The highest BCUT2D eigenvalue weighted by atomic mass is 28.4. The summed E-state index contributed by atoms with van der Waals surface area (Å²) in [6.07, 6.45) is 11.3. The van der Waals surface area contributed by atoms with Gasteiger partial charge in [0.25, 0.3) is 0 Å². The fourth-order valence-corrected chi connectivity index (χ4v) is 13.5. The zero-order chi connectivity index (χ0) is 33.3. The number of rotatable bonds is 8. The summed E-state index contributed by atoms with van der Waals surface area (Å²) in [5.41, 5.74) is 0.622. The summed E-state index contributed by atoms with van der Waals surface area (Å²) in [6, 6.07) is 0. The molecule has 0 aromatic rings. The summed E-state index contributed by atoms with van der Waals surface area (Å²) in [6.45, 7) is 34.4. The summed E-state index contributed by atoms with van der Waals surface area (Å²) < 4.78 is 20.1. The molecule has 0 radical (unpaired) electrons. The molecule has 0 N–H and O–H groups in total. The van der Waals surface area contributed by atoms with Crippen LogP contribution in [-0.2, 0) is 18.4 Å². The van der Waals surface area contributed by atoms with Crippen LogP contribution in [0.1, 0.15) is 127 Å². The van der Waals surface area contributed by atoms with Crippen LogP contribution in [0.25, 0.3) is 0 Å². The number of hydrogen-bond acceptors (Lipinski definition) is 4. The third kappa shape index (κ3) is 6.34. The van der Waals surface area contributed by atoms with Crippen LogP contribution in [0.5, 0.6) is 0 Å². The second-order valence-corrected chi connectivity index (χ2v) is 29.1. The molecule has 0 saturated heterocycles. The number of carbonyl (C=O) groups excluding carboxylic acids is 1. The van der Waals surface area contributed by atoms with Crippen LogP contribution >= 0.6 is 0 Å². The van der Waals surface area contributed by atoms with E-state index in [4.69, 9.17) is 13.6 Å². The molecule has 6 heteroatoms. The van der Waals surface area contributed by atoms with Crippen LogP contribution in [0, 0.1) is 52.3 Å². The molecule has 0 aromatic heterocycles. The fourth-order valence-electron chi connectivity index (χ4n) is 10.8. The van der Waals surface area contributed by atoms with E-state index in [2.05, 4.69) is 95.4 Å². The quantitative estimate of drug-likeness (QED) is 0.194. The van der Waals surface area contributed by atoms with E-state index < -0.39 is 16.6 Å². The van der Waals surface area contributed by atoms with Crippen LogP contribution < -0.4 is 0 Å². The zero-order valence-corrected chi connectivity index (χ0v) is 33.7. The molecule has 44 heavy (non-hydrogen) atoms. The zero-order valence-electron chi connectivity index (χ0n) is 31.7. The monoisotopic (exact) mass is 648 g/mol. The topological polar surface area (TPSA) is 44.8 Å². The van der Waals surface area contributed by atoms with Crippen molar-refractivity contribution in [3.8, 4) is 0 Å². The minimum atomic E-state index is -2.01. The number of ether oxygens (including phenoxy) is 1. The molecule has 0 heterocycles. The molecular weight excluding hydrogens is 577 g/mol. The van der Waals surface area contributed by atoms with Gasteiger partial charge in [0, 0.05) is 12.5 Å². The molecule has 0 aromatic carbocycles. The van der Waals surface area contributed by atoms with Crippen molar-refractivity contribution in [2.75, 3.05) is 7.11 Å². The molecule has 4 fully saturated rings. The van der Waals surface area contributed by atoms with E-state index in [9.17, 15) is 4.79 Å². The Morgan fingerprint density at radius 3 is 1.91 bits per heavy atom. The molecular formula is C38H72O4Si2. The lowest BCUT2D eigenvalue weighted by Crippen LogP contribution is -2.65. The van der Waals surface area contributed by atoms with E-state index in [0.29, 0.717) is 65.5 Å². The van der Waals surface area contributed by atoms with Crippen molar-refractivity contribution in [3.63, 3.8) is 0 Å². The van der Waals surface area contributed by atoms with Gasteiger partial charge in [-0.1, -0.05) is 75.7 Å². The summed E-state index contributed by atoms with van der Waals surface area (Å²) in [4.78, 5) is 12.4. The van der Waals surface area contributed by atoms with Gasteiger partial charge in [-0.2, -0.15) is 0 Å². The van der Waals surface area contributed by atoms with Gasteiger partial charge in [-0.05, 0) is 133 Å². The van der Waals surface area contributed by atoms with Crippen LogP contribution in [0.2, 0.25) is 36.3 Å². The molecule has 0 amide bonds. The van der Waals surface area contributed by atoms with E-state index in [1.165, 1.54) is 58.5 Å². The van der Waals surface area contributed by atoms with E-state index in [1.54, 1.807) is 0 Å². The van der Waals surface area contributed by atoms with Gasteiger partial charge in [0.2, 0.25) is 0 Å². The molecule has 0 aliphatic heterocycles. The van der Waals surface area contributed by atoms with Gasteiger partial charge in [0.15, 0.2) is 16.6 Å². The average Bonchev–Trinajstić information content (AvgIpc) is 3.25. The summed E-state index contributed by atoms with van der Waals surface area (Å²) in [5, 5.41) is 0.425. The van der Waals surface area contributed by atoms with Gasteiger partial charge in [0.1, 0.15) is 0 Å². The highest BCUT2D eigenvalue weighted by Gasteiger charge is 2.66. The Morgan fingerprint density at radius 1 is 0.818 bits per heavy atom. The first kappa shape index (κ1) is 36.7. The minimum Gasteiger partial charge on any atom is -0.469 e. The highest BCUT2D eigenvalue weighted by Crippen LogP contribution is 2.70. The van der Waals surface area contributed by atoms with Crippen LogP contribution in [-0.4, -0.2) is 41.9 Å². The highest BCUT2D eigenvalue weighted by molar-refractivity contribution is 6.74. The Labute approximate surface area is 275 Å². The predicted molar refractivity (Wildman–Crippen MR) is 190 cm³/mol. The third-order valence-electron chi connectivity index (χ3n) is 15.3. The maximum absolute atomic E-state index is 12.4. The van der Waals surface area contributed by atoms with Crippen molar-refractivity contribution in [2.24, 2.45) is 52.3 Å². The Balaban J connectivity index is 1.74.